The second kappa shape index (κ2) is 10.1. The van der Waals surface area contributed by atoms with Gasteiger partial charge in [-0.15, -0.1) is 0 Å². The van der Waals surface area contributed by atoms with Crippen molar-refractivity contribution in [1.29, 1.82) is 0 Å². The van der Waals surface area contributed by atoms with E-state index in [0.717, 1.165) is 61.1 Å². The molecule has 0 saturated carbocycles. The third kappa shape index (κ3) is 4.79. The predicted molar refractivity (Wildman–Crippen MR) is 125 cm³/mol. The molecule has 0 spiro atoms. The standard InChI is InChI=1S/C25H32N4O3/c1-4-27-12-14-28(15-13-27)18-25(30)29-23(17-22(26-29)19-8-6-5-7-9-19)21-16-20(31-2)10-11-24(21)32-3/h5-11,16,23H,4,12-15,17-18H2,1-3H3/t23-/m1/s1. The largest absolute Gasteiger partial charge is 0.497 e. The maximum absolute atomic E-state index is 13.5. The van der Waals surface area contributed by atoms with Crippen LogP contribution in [0.4, 0.5) is 0 Å². The smallest absolute Gasteiger partial charge is 0.257 e. The molecule has 2 aromatic rings. The number of hydrogen-bond donors (Lipinski definition) is 0. The molecule has 2 aliphatic heterocycles. The highest BCUT2D eigenvalue weighted by Gasteiger charge is 2.36. The van der Waals surface area contributed by atoms with Crippen LogP contribution in [0.1, 0.15) is 30.5 Å². The highest BCUT2D eigenvalue weighted by molar-refractivity contribution is 6.03. The number of nitrogens with zero attached hydrogens (tertiary/aromatic N) is 4. The van der Waals surface area contributed by atoms with Crippen LogP contribution in [0.25, 0.3) is 0 Å². The van der Waals surface area contributed by atoms with Crippen LogP contribution < -0.4 is 9.47 Å². The molecule has 1 saturated heterocycles. The molecule has 7 nitrogen and oxygen atoms in total. The van der Waals surface area contributed by atoms with Crippen molar-refractivity contribution >= 4 is 11.6 Å². The van der Waals surface area contributed by atoms with Gasteiger partial charge < -0.3 is 14.4 Å². The van der Waals surface area contributed by atoms with Gasteiger partial charge in [-0.25, -0.2) is 5.01 Å². The molecular weight excluding hydrogens is 404 g/mol. The summed E-state index contributed by atoms with van der Waals surface area (Å²) in [5, 5.41) is 6.47. The molecule has 0 unspecified atom stereocenters. The van der Waals surface area contributed by atoms with E-state index in [9.17, 15) is 4.79 Å². The molecule has 7 heteroatoms. The Hall–Kier alpha value is -2.90. The zero-order chi connectivity index (χ0) is 22.5. The van der Waals surface area contributed by atoms with Crippen molar-refractivity contribution in [2.24, 2.45) is 5.10 Å². The molecule has 0 radical (unpaired) electrons. The average Bonchev–Trinajstić information content (AvgIpc) is 3.30. The molecule has 0 aliphatic carbocycles. The first-order chi connectivity index (χ1) is 15.6. The van der Waals surface area contributed by atoms with Crippen molar-refractivity contribution in [2.75, 3.05) is 53.5 Å². The fraction of sp³-hybridized carbons (Fsp3) is 0.440. The van der Waals surface area contributed by atoms with E-state index in [4.69, 9.17) is 14.6 Å². The molecule has 4 rings (SSSR count). The van der Waals surface area contributed by atoms with Gasteiger partial charge in [-0.3, -0.25) is 9.69 Å². The van der Waals surface area contributed by atoms with Gasteiger partial charge in [0, 0.05) is 38.2 Å². The van der Waals surface area contributed by atoms with E-state index in [1.807, 2.05) is 48.5 Å². The van der Waals surface area contributed by atoms with Crippen LogP contribution in [0.3, 0.4) is 0 Å². The molecular formula is C25H32N4O3. The highest BCUT2D eigenvalue weighted by atomic mass is 16.5. The van der Waals surface area contributed by atoms with Crippen molar-refractivity contribution in [2.45, 2.75) is 19.4 Å². The summed E-state index contributed by atoms with van der Waals surface area (Å²) in [6.07, 6.45) is 0.628. The molecule has 2 aromatic carbocycles. The number of amides is 1. The minimum atomic E-state index is -0.236. The summed E-state index contributed by atoms with van der Waals surface area (Å²) in [4.78, 5) is 18.1. The van der Waals surface area contributed by atoms with Crippen molar-refractivity contribution in [3.63, 3.8) is 0 Å². The van der Waals surface area contributed by atoms with Gasteiger partial charge in [-0.1, -0.05) is 37.3 Å². The van der Waals surface area contributed by atoms with Crippen LogP contribution in [0, 0.1) is 0 Å². The number of carbonyl (C=O) groups is 1. The summed E-state index contributed by atoms with van der Waals surface area (Å²) < 4.78 is 11.1. The van der Waals surface area contributed by atoms with E-state index in [-0.39, 0.29) is 11.9 Å². The van der Waals surface area contributed by atoms with Crippen LogP contribution in [-0.2, 0) is 4.79 Å². The normalized spacial score (nSPS) is 19.7. The lowest BCUT2D eigenvalue weighted by Crippen LogP contribution is -2.49. The summed E-state index contributed by atoms with van der Waals surface area (Å²) in [5.74, 6) is 1.47. The Labute approximate surface area is 190 Å². The fourth-order valence-electron chi connectivity index (χ4n) is 4.41. The lowest BCUT2D eigenvalue weighted by atomic mass is 9.97. The topological polar surface area (TPSA) is 57.6 Å². The van der Waals surface area contributed by atoms with Crippen LogP contribution in [0.5, 0.6) is 11.5 Å². The Morgan fingerprint density at radius 1 is 1.00 bits per heavy atom. The summed E-state index contributed by atoms with van der Waals surface area (Å²) in [7, 11) is 3.30. The molecule has 2 heterocycles. The Kier molecular flexibility index (Phi) is 7.07. The number of methoxy groups -OCH3 is 2. The van der Waals surface area contributed by atoms with Gasteiger partial charge in [0.25, 0.3) is 5.91 Å². The van der Waals surface area contributed by atoms with Gasteiger partial charge in [0.15, 0.2) is 0 Å². The van der Waals surface area contributed by atoms with Crippen molar-refractivity contribution in [1.82, 2.24) is 14.8 Å². The lowest BCUT2D eigenvalue weighted by molar-refractivity contribution is -0.134. The average molecular weight is 437 g/mol. The van der Waals surface area contributed by atoms with Crippen LogP contribution in [-0.4, -0.2) is 79.9 Å². The monoisotopic (exact) mass is 436 g/mol. The lowest BCUT2D eigenvalue weighted by Gasteiger charge is -2.34. The van der Waals surface area contributed by atoms with Crippen molar-refractivity contribution in [3.05, 3.63) is 59.7 Å². The molecule has 0 bridgehead atoms. The maximum Gasteiger partial charge on any atom is 0.257 e. The fourth-order valence-corrected chi connectivity index (χ4v) is 4.41. The predicted octanol–water partition coefficient (Wildman–Crippen LogP) is 3.02. The zero-order valence-electron chi connectivity index (χ0n) is 19.2. The number of hydrazone groups is 1. The molecule has 32 heavy (non-hydrogen) atoms. The van der Waals surface area contributed by atoms with Gasteiger partial charge in [0.2, 0.25) is 0 Å². The second-order valence-electron chi connectivity index (χ2n) is 8.19. The molecule has 0 aromatic heterocycles. The zero-order valence-corrected chi connectivity index (χ0v) is 19.2. The molecule has 1 amide bonds. The van der Waals surface area contributed by atoms with Gasteiger partial charge >= 0.3 is 0 Å². The first-order valence-electron chi connectivity index (χ1n) is 11.2. The molecule has 170 valence electrons. The van der Waals surface area contributed by atoms with Gasteiger partial charge in [0.05, 0.1) is 32.5 Å². The molecule has 1 fully saturated rings. The number of carbonyl (C=O) groups excluding carboxylic acids is 1. The summed E-state index contributed by atoms with van der Waals surface area (Å²) in [5.41, 5.74) is 2.85. The second-order valence-corrected chi connectivity index (χ2v) is 8.19. The van der Waals surface area contributed by atoms with E-state index >= 15 is 0 Å². The van der Waals surface area contributed by atoms with Crippen molar-refractivity contribution < 1.29 is 14.3 Å². The van der Waals surface area contributed by atoms with Crippen molar-refractivity contribution in [3.8, 4) is 11.5 Å². The van der Waals surface area contributed by atoms with Gasteiger partial charge in [-0.2, -0.15) is 5.10 Å². The number of piperazine rings is 1. The number of hydrogen-bond acceptors (Lipinski definition) is 6. The summed E-state index contributed by atoms with van der Waals surface area (Å²) in [6, 6.07) is 15.5. The van der Waals surface area contributed by atoms with Crippen LogP contribution in [0.2, 0.25) is 0 Å². The Balaban J connectivity index is 1.61. The Morgan fingerprint density at radius 2 is 1.72 bits per heavy atom. The Morgan fingerprint density at radius 3 is 2.38 bits per heavy atom. The highest BCUT2D eigenvalue weighted by Crippen LogP contribution is 2.39. The Bertz CT molecular complexity index is 955. The molecule has 1 atom stereocenters. The number of ether oxygens (including phenoxy) is 2. The third-order valence-corrected chi connectivity index (χ3v) is 6.34. The van der Waals surface area contributed by atoms with E-state index in [1.165, 1.54) is 0 Å². The first kappa shape index (κ1) is 22.3. The minimum Gasteiger partial charge on any atom is -0.497 e. The molecule has 2 aliphatic rings. The van der Waals surface area contributed by atoms with Crippen LogP contribution >= 0.6 is 0 Å². The quantitative estimate of drug-likeness (QED) is 0.668. The summed E-state index contributed by atoms with van der Waals surface area (Å²) >= 11 is 0. The first-order valence-corrected chi connectivity index (χ1v) is 11.2. The SMILES string of the molecule is CCN1CCN(CC(=O)N2N=C(c3ccccc3)C[C@@H]2c2cc(OC)ccc2OC)CC1. The van der Waals surface area contributed by atoms with E-state index < -0.39 is 0 Å². The van der Waals surface area contributed by atoms with E-state index in [2.05, 4.69) is 16.7 Å². The summed E-state index contributed by atoms with van der Waals surface area (Å²) in [6.45, 7) is 7.38. The number of rotatable bonds is 7. The van der Waals surface area contributed by atoms with E-state index in [1.54, 1.807) is 19.2 Å². The third-order valence-electron chi connectivity index (χ3n) is 6.34. The maximum atomic E-state index is 13.5. The number of benzene rings is 2. The number of likely N-dealkylation sites (N-methyl/N-ethyl adjacent to an activating group) is 1. The van der Waals surface area contributed by atoms with Crippen LogP contribution in [0.15, 0.2) is 53.6 Å². The van der Waals surface area contributed by atoms with E-state index in [0.29, 0.717) is 13.0 Å². The minimum absolute atomic E-state index is 0.00996. The van der Waals surface area contributed by atoms with Gasteiger partial charge in [-0.05, 0) is 30.3 Å². The molecule has 0 N–H and O–H groups in total. The van der Waals surface area contributed by atoms with Gasteiger partial charge in [0.1, 0.15) is 11.5 Å².